The predicted molar refractivity (Wildman–Crippen MR) is 400 cm³/mol. The average Bonchev–Trinajstić information content (AvgIpc) is 1.75. The highest BCUT2D eigenvalue weighted by molar-refractivity contribution is 7.89. The first kappa shape index (κ1) is 93.7. The largest absolute Gasteiger partial charge is 0.488 e. The van der Waals surface area contributed by atoms with Crippen molar-refractivity contribution in [2.45, 2.75) is 208 Å². The van der Waals surface area contributed by atoms with Crippen LogP contribution in [0.3, 0.4) is 0 Å². The molecule has 1 amide bonds. The van der Waals surface area contributed by atoms with Crippen LogP contribution in [0.1, 0.15) is 176 Å². The van der Waals surface area contributed by atoms with E-state index in [2.05, 4.69) is 0 Å². The lowest BCUT2D eigenvalue weighted by molar-refractivity contribution is -0.160. The summed E-state index contributed by atoms with van der Waals surface area (Å²) in [7, 11) is -15.8. The molecule has 119 heavy (non-hydrogen) atoms. The number of ether oxygens (including phenoxy) is 4. The molecule has 0 spiro atoms. The molecular formula is C81H82ClF15N4O15S3. The Labute approximate surface area is 681 Å². The summed E-state index contributed by atoms with van der Waals surface area (Å²) >= 11 is 5.20. The third kappa shape index (κ3) is 21.8. The molecule has 3 atom stereocenters. The van der Waals surface area contributed by atoms with E-state index < -0.39 is 185 Å². The molecule has 0 bridgehead atoms. The van der Waals surface area contributed by atoms with E-state index in [0.717, 1.165) is 55.2 Å². The van der Waals surface area contributed by atoms with Crippen LogP contribution in [-0.4, -0.2) is 116 Å². The molecule has 0 radical (unpaired) electrons. The van der Waals surface area contributed by atoms with Crippen molar-refractivity contribution in [2.75, 3.05) is 24.5 Å². The first-order chi connectivity index (χ1) is 55.8. The predicted octanol–water partition coefficient (Wildman–Crippen LogP) is 17.4. The van der Waals surface area contributed by atoms with Crippen molar-refractivity contribution in [2.24, 2.45) is 5.92 Å². The van der Waals surface area contributed by atoms with Crippen molar-refractivity contribution in [3.05, 3.63) is 218 Å². The fraction of sp³-hybridized carbons (Fsp3) is 0.420. The van der Waals surface area contributed by atoms with Crippen molar-refractivity contribution in [3.63, 3.8) is 0 Å². The minimum Gasteiger partial charge on any atom is -0.488 e. The Morgan fingerprint density at radius 1 is 0.412 bits per heavy atom. The maximum atomic E-state index is 15.0. The number of sulfonamides is 3. The van der Waals surface area contributed by atoms with E-state index in [0.29, 0.717) is 24.4 Å². The molecule has 19 nitrogen and oxygen atoms in total. The van der Waals surface area contributed by atoms with Crippen LogP contribution in [0.4, 0.5) is 71.5 Å². The molecule has 3 heterocycles. The molecule has 12 rings (SSSR count). The van der Waals surface area contributed by atoms with Gasteiger partial charge in [0.15, 0.2) is 84.5 Å². The van der Waals surface area contributed by atoms with E-state index >= 15 is 0 Å². The lowest BCUT2D eigenvalue weighted by atomic mass is 9.84. The van der Waals surface area contributed by atoms with Gasteiger partial charge in [0.2, 0.25) is 58.7 Å². The summed E-state index contributed by atoms with van der Waals surface area (Å²) in [4.78, 5) is 58.4. The van der Waals surface area contributed by atoms with Gasteiger partial charge in [-0.05, 0) is 158 Å². The summed E-state index contributed by atoms with van der Waals surface area (Å²) in [6.07, 6.45) is 10.2. The summed E-state index contributed by atoms with van der Waals surface area (Å²) in [5, 5.41) is -1.11. The van der Waals surface area contributed by atoms with E-state index in [9.17, 15) is 115 Å². The van der Waals surface area contributed by atoms with Crippen LogP contribution in [0.15, 0.2) is 118 Å². The molecule has 2 saturated carbocycles. The van der Waals surface area contributed by atoms with Crippen LogP contribution >= 0.6 is 11.6 Å². The van der Waals surface area contributed by atoms with E-state index in [-0.39, 0.29) is 106 Å². The number of nitrogens with zero attached hydrogens (tertiary/aromatic N) is 4. The van der Waals surface area contributed by atoms with Gasteiger partial charge in [-0.2, -0.15) is 12.9 Å². The number of hydrogen-bond acceptors (Lipinski definition) is 15. The molecule has 3 aliphatic heterocycles. The Morgan fingerprint density at radius 2 is 0.782 bits per heavy atom. The van der Waals surface area contributed by atoms with Crippen molar-refractivity contribution in [1.82, 2.24) is 12.9 Å². The zero-order valence-corrected chi connectivity index (χ0v) is 67.9. The van der Waals surface area contributed by atoms with Crippen molar-refractivity contribution in [3.8, 4) is 5.75 Å². The number of benzene rings is 7. The fourth-order valence-electron chi connectivity index (χ4n) is 14.0. The van der Waals surface area contributed by atoms with Crippen LogP contribution in [0.2, 0.25) is 0 Å². The van der Waals surface area contributed by atoms with Gasteiger partial charge in [-0.3, -0.25) is 19.2 Å². The van der Waals surface area contributed by atoms with Gasteiger partial charge in [0.05, 0.1) is 18.5 Å². The smallest absolute Gasteiger partial charge is 0.342 e. The van der Waals surface area contributed by atoms with Gasteiger partial charge < -0.3 is 23.8 Å². The number of esters is 3. The monoisotopic (exact) mass is 1770 g/mol. The zero-order chi connectivity index (χ0) is 87.7. The first-order valence-corrected chi connectivity index (χ1v) is 42.2. The molecule has 0 aromatic heterocycles. The molecule has 7 aromatic rings. The highest BCUT2D eigenvalue weighted by Crippen LogP contribution is 2.41. The van der Waals surface area contributed by atoms with Gasteiger partial charge in [0, 0.05) is 31.4 Å². The van der Waals surface area contributed by atoms with E-state index in [1.165, 1.54) is 63.1 Å². The molecule has 0 unspecified atom stereocenters. The molecule has 0 N–H and O–H groups in total. The molecule has 3 saturated heterocycles. The summed E-state index contributed by atoms with van der Waals surface area (Å²) in [5.74, 6) is -38.7. The summed E-state index contributed by atoms with van der Waals surface area (Å²) < 4.78 is 307. The maximum absolute atomic E-state index is 15.0. The van der Waals surface area contributed by atoms with Crippen molar-refractivity contribution in [1.29, 1.82) is 0 Å². The third-order valence-electron chi connectivity index (χ3n) is 19.8. The quantitative estimate of drug-likeness (QED) is 0.0172. The van der Waals surface area contributed by atoms with Crippen LogP contribution in [0, 0.1) is 93.2 Å². The molecular weight excluding hydrogens is 1690 g/mol. The van der Waals surface area contributed by atoms with Crippen LogP contribution in [0.5, 0.6) is 5.75 Å². The van der Waals surface area contributed by atoms with Crippen molar-refractivity contribution >= 4 is 76.4 Å². The van der Waals surface area contributed by atoms with Crippen LogP contribution in [-0.2, 0) is 83.2 Å². The average molecular weight is 1770 g/mol. The lowest BCUT2D eigenvalue weighted by Crippen LogP contribution is -2.48. The van der Waals surface area contributed by atoms with Crippen LogP contribution < -0.4 is 9.64 Å². The number of amides is 1. The first-order valence-electron chi connectivity index (χ1n) is 37.5. The van der Waals surface area contributed by atoms with E-state index in [1.54, 1.807) is 24.3 Å². The van der Waals surface area contributed by atoms with Gasteiger partial charge in [-0.1, -0.05) is 117 Å². The summed E-state index contributed by atoms with van der Waals surface area (Å²) in [6, 6.07) is 25.8. The Kier molecular flexibility index (Phi) is 30.8. The second-order valence-electron chi connectivity index (χ2n) is 30.4. The molecule has 7 aromatic carbocycles. The van der Waals surface area contributed by atoms with E-state index in [1.807, 2.05) is 81.4 Å². The standard InChI is InChI=1S/C45H41F5N2O6S.C15H16F5NO4S.C11H7ClF5NO3S.C10H18O2/c46-38-39(47)41(49)43(42(50)40(38)48)59(55,56)52-24-10-17-36(52)44(53)51(26-29-18-20-33(21-19-29)32-15-8-3-9-16-32)34-22-23-35(45(54)58-28-31-13-6-2-7-14-31)37(25-34)57-27-30-11-4-1-5-12-30;1-15(2,3)25-14(22)7-5-4-6-21(7)26(23,24)13-11(19)9(17)8(16)10(18)12(13)20;12-11(19)4-2-1-3-18(4)22(20,21)10-8(16)6(14)5(13)7(15)9(10)17;1-10(2,3)12-9(11)8-6-4-5-7-8/h1-2,4-7,11-14,18-23,25,32,36H,3,8-10,15-17,24,26-28H2;7H,4-6H2,1-3H3;4H,1-3H2;8H,4-7H2,1-3H3/t36-;7-;4-;/m111./s1. The Hall–Kier alpha value is -9.14. The number of rotatable bonds is 20. The molecule has 5 fully saturated rings. The summed E-state index contributed by atoms with van der Waals surface area (Å²) in [5.41, 5.74) is 2.26. The Bertz CT molecular complexity index is 5190. The second-order valence-corrected chi connectivity index (χ2v) is 36.2. The number of halogens is 16. The number of anilines is 1. The van der Waals surface area contributed by atoms with Gasteiger partial charge in [0.1, 0.15) is 47.8 Å². The minimum atomic E-state index is -5.45. The molecule has 38 heteroatoms. The lowest BCUT2D eigenvalue weighted by Gasteiger charge is -2.31. The number of hydrogen-bond donors (Lipinski definition) is 0. The fourth-order valence-corrected chi connectivity index (χ4v) is 19.6. The van der Waals surface area contributed by atoms with Gasteiger partial charge >= 0.3 is 17.9 Å². The molecule has 5 aliphatic rings. The van der Waals surface area contributed by atoms with Gasteiger partial charge in [0.25, 0.3) is 0 Å². The zero-order valence-electron chi connectivity index (χ0n) is 64.7. The summed E-state index contributed by atoms with van der Waals surface area (Å²) in [6.45, 7) is 9.13. The SMILES string of the molecule is CC(C)(C)OC(=O)C1CCCC1.CC(C)(C)OC(=O)[C@H]1CCCN1S(=O)(=O)c1c(F)c(F)c(F)c(F)c1F.O=C(Cl)[C@H]1CCCN1S(=O)(=O)c1c(F)c(F)c(F)c(F)c1F.O=C(OCc1ccccc1)c1ccc(N(Cc2ccc(C3CCCCC3)cc2)C(=O)[C@H]2CCCN2S(=O)(=O)c2c(F)c(F)c(F)c(F)c2F)cc1OCc1ccccc1. The highest BCUT2D eigenvalue weighted by atomic mass is 35.5. The third-order valence-corrected chi connectivity index (χ3v) is 25.8. The number of carbonyl (C=O) groups is 5. The Balaban J connectivity index is 0.000000219. The second kappa shape index (κ2) is 39.1. The van der Waals surface area contributed by atoms with Crippen molar-refractivity contribution < 1.29 is 134 Å². The molecule has 2 aliphatic carbocycles. The normalized spacial score (nSPS) is 17.8. The maximum Gasteiger partial charge on any atom is 0.342 e. The van der Waals surface area contributed by atoms with Crippen LogP contribution in [0.25, 0.3) is 0 Å². The minimum absolute atomic E-state index is 0.000000000000000666. The Morgan fingerprint density at radius 3 is 1.20 bits per heavy atom. The topological polar surface area (TPSA) is 238 Å². The highest BCUT2D eigenvalue weighted by Gasteiger charge is 2.49. The van der Waals surface area contributed by atoms with Gasteiger partial charge in [-0.15, -0.1) is 0 Å². The number of carbonyl (C=O) groups excluding carboxylic acids is 5. The van der Waals surface area contributed by atoms with E-state index in [4.69, 9.17) is 30.5 Å². The van der Waals surface area contributed by atoms with Gasteiger partial charge in [-0.25, -0.2) is 95.9 Å². The molecule has 646 valence electrons.